The normalized spacial score (nSPS) is 10.2. The van der Waals surface area contributed by atoms with Crippen LogP contribution in [0.3, 0.4) is 0 Å². The summed E-state index contributed by atoms with van der Waals surface area (Å²) in [6.07, 6.45) is 0.0529. The van der Waals surface area contributed by atoms with Crippen molar-refractivity contribution in [2.75, 3.05) is 6.61 Å². The van der Waals surface area contributed by atoms with Crippen molar-refractivity contribution < 1.29 is 19.1 Å². The third-order valence-electron chi connectivity index (χ3n) is 3.00. The summed E-state index contributed by atoms with van der Waals surface area (Å²) in [5, 5.41) is 0.406. The number of amides is 2. The van der Waals surface area contributed by atoms with E-state index in [9.17, 15) is 9.59 Å². The lowest BCUT2D eigenvalue weighted by molar-refractivity contribution is -0.123. The number of carbonyl (C=O) groups is 2. The van der Waals surface area contributed by atoms with Crippen LogP contribution < -0.4 is 20.3 Å². The van der Waals surface area contributed by atoms with Crippen molar-refractivity contribution in [3.63, 3.8) is 0 Å². The lowest BCUT2D eigenvalue weighted by Gasteiger charge is -2.11. The topological polar surface area (TPSA) is 76.7 Å². The highest BCUT2D eigenvalue weighted by molar-refractivity contribution is 6.32. The third-order valence-corrected chi connectivity index (χ3v) is 3.31. The second kappa shape index (κ2) is 8.94. The fourth-order valence-electron chi connectivity index (χ4n) is 1.90. The summed E-state index contributed by atoms with van der Waals surface area (Å²) in [7, 11) is 0. The largest absolute Gasteiger partial charge is 0.491 e. The molecule has 0 spiro atoms. The van der Waals surface area contributed by atoms with Gasteiger partial charge in [0.05, 0.1) is 11.1 Å². The van der Waals surface area contributed by atoms with Crippen LogP contribution in [-0.2, 0) is 4.79 Å². The highest BCUT2D eigenvalue weighted by atomic mass is 35.5. The van der Waals surface area contributed by atoms with Gasteiger partial charge in [-0.05, 0) is 50.2 Å². The Bertz CT molecular complexity index is 732. The van der Waals surface area contributed by atoms with Crippen LogP contribution in [-0.4, -0.2) is 24.5 Å². The minimum Gasteiger partial charge on any atom is -0.491 e. The molecule has 0 bridgehead atoms. The van der Waals surface area contributed by atoms with Gasteiger partial charge in [0, 0.05) is 5.56 Å². The third kappa shape index (κ3) is 6.00. The van der Waals surface area contributed by atoms with Crippen LogP contribution in [0.2, 0.25) is 5.02 Å². The van der Waals surface area contributed by atoms with E-state index in [0.29, 0.717) is 22.1 Å². The van der Waals surface area contributed by atoms with Crippen molar-refractivity contribution >= 4 is 23.4 Å². The fourth-order valence-corrected chi connectivity index (χ4v) is 2.09. The Hall–Kier alpha value is -2.73. The van der Waals surface area contributed by atoms with Gasteiger partial charge >= 0.3 is 0 Å². The van der Waals surface area contributed by atoms with Gasteiger partial charge in [0.15, 0.2) is 6.61 Å². The summed E-state index contributed by atoms with van der Waals surface area (Å²) in [6, 6.07) is 13.4. The molecular weight excluding hydrogens is 344 g/mol. The van der Waals surface area contributed by atoms with E-state index in [2.05, 4.69) is 10.9 Å². The maximum absolute atomic E-state index is 12.0. The smallest absolute Gasteiger partial charge is 0.276 e. The zero-order valence-electron chi connectivity index (χ0n) is 13.9. The number of ether oxygens (including phenoxy) is 2. The monoisotopic (exact) mass is 362 g/mol. The Labute approximate surface area is 151 Å². The van der Waals surface area contributed by atoms with Crippen LogP contribution in [0.4, 0.5) is 0 Å². The minimum atomic E-state index is -0.506. The second-order valence-corrected chi connectivity index (χ2v) is 5.82. The van der Waals surface area contributed by atoms with E-state index in [1.54, 1.807) is 48.5 Å². The molecule has 0 fully saturated rings. The number of para-hydroxylation sites is 1. The molecule has 0 aromatic heterocycles. The lowest BCUT2D eigenvalue weighted by atomic mass is 10.2. The zero-order valence-corrected chi connectivity index (χ0v) is 14.7. The molecule has 2 amide bonds. The van der Waals surface area contributed by atoms with Gasteiger partial charge in [-0.25, -0.2) is 0 Å². The van der Waals surface area contributed by atoms with Gasteiger partial charge < -0.3 is 9.47 Å². The SMILES string of the molecule is CC(C)Oc1ccc(C(=O)NNC(=O)COc2ccccc2Cl)cc1. The first-order chi connectivity index (χ1) is 12.0. The van der Waals surface area contributed by atoms with Crippen LogP contribution in [0.15, 0.2) is 48.5 Å². The van der Waals surface area contributed by atoms with E-state index < -0.39 is 11.8 Å². The number of hydrogen-bond acceptors (Lipinski definition) is 4. The van der Waals surface area contributed by atoms with E-state index in [1.807, 2.05) is 13.8 Å². The summed E-state index contributed by atoms with van der Waals surface area (Å²) in [6.45, 7) is 3.56. The van der Waals surface area contributed by atoms with Crippen molar-refractivity contribution in [3.05, 3.63) is 59.1 Å². The quantitative estimate of drug-likeness (QED) is 0.774. The van der Waals surface area contributed by atoms with Gasteiger partial charge in [-0.2, -0.15) is 0 Å². The number of benzene rings is 2. The Morgan fingerprint density at radius 1 is 1.04 bits per heavy atom. The number of hydrazine groups is 1. The molecule has 0 aliphatic carbocycles. The Kier molecular flexibility index (Phi) is 6.65. The Balaban J connectivity index is 1.79. The van der Waals surface area contributed by atoms with Crippen molar-refractivity contribution in [2.24, 2.45) is 0 Å². The molecule has 0 heterocycles. The predicted octanol–water partition coefficient (Wildman–Crippen LogP) is 2.97. The maximum atomic E-state index is 12.0. The van der Waals surface area contributed by atoms with Crippen LogP contribution >= 0.6 is 11.6 Å². The predicted molar refractivity (Wildman–Crippen MR) is 94.8 cm³/mol. The van der Waals surface area contributed by atoms with Crippen LogP contribution in [0.1, 0.15) is 24.2 Å². The number of nitrogens with one attached hydrogen (secondary N) is 2. The standard InChI is InChI=1S/C18H19ClN2O4/c1-12(2)25-14-9-7-13(8-10-14)18(23)21-20-17(22)11-24-16-6-4-3-5-15(16)19/h3-10,12H,11H2,1-2H3,(H,20,22)(H,21,23). The van der Waals surface area contributed by atoms with Crippen molar-refractivity contribution in [3.8, 4) is 11.5 Å². The minimum absolute atomic E-state index is 0.0529. The second-order valence-electron chi connectivity index (χ2n) is 5.41. The van der Waals surface area contributed by atoms with Crippen LogP contribution in [0.25, 0.3) is 0 Å². The molecule has 0 saturated heterocycles. The average Bonchev–Trinajstić information content (AvgIpc) is 2.59. The molecule has 0 radical (unpaired) electrons. The highest BCUT2D eigenvalue weighted by Crippen LogP contribution is 2.22. The summed E-state index contributed by atoms with van der Waals surface area (Å²) in [4.78, 5) is 23.7. The average molecular weight is 363 g/mol. The Morgan fingerprint density at radius 3 is 2.36 bits per heavy atom. The molecule has 6 nitrogen and oxygen atoms in total. The highest BCUT2D eigenvalue weighted by Gasteiger charge is 2.09. The number of halogens is 1. The Morgan fingerprint density at radius 2 is 1.72 bits per heavy atom. The van der Waals surface area contributed by atoms with E-state index >= 15 is 0 Å². The molecule has 0 aliphatic rings. The molecule has 0 saturated carbocycles. The molecule has 0 unspecified atom stereocenters. The molecule has 2 rings (SSSR count). The van der Waals surface area contributed by atoms with Crippen molar-refractivity contribution in [2.45, 2.75) is 20.0 Å². The van der Waals surface area contributed by atoms with Gasteiger partial charge in [-0.1, -0.05) is 23.7 Å². The first kappa shape index (κ1) is 18.6. The molecule has 25 heavy (non-hydrogen) atoms. The summed E-state index contributed by atoms with van der Waals surface area (Å²) >= 11 is 5.92. The summed E-state index contributed by atoms with van der Waals surface area (Å²) in [5.74, 6) is 0.116. The molecule has 7 heteroatoms. The number of hydrogen-bond donors (Lipinski definition) is 2. The van der Waals surface area contributed by atoms with Gasteiger partial charge in [0.1, 0.15) is 11.5 Å². The molecule has 0 atom stereocenters. The van der Waals surface area contributed by atoms with E-state index in [1.165, 1.54) is 0 Å². The van der Waals surface area contributed by atoms with Gasteiger partial charge in [0.25, 0.3) is 11.8 Å². The van der Waals surface area contributed by atoms with E-state index in [-0.39, 0.29) is 12.7 Å². The molecule has 2 aromatic rings. The molecule has 2 N–H and O–H groups in total. The van der Waals surface area contributed by atoms with E-state index in [0.717, 1.165) is 0 Å². The van der Waals surface area contributed by atoms with Crippen molar-refractivity contribution in [1.29, 1.82) is 0 Å². The summed E-state index contributed by atoms with van der Waals surface area (Å²) < 4.78 is 10.8. The first-order valence-electron chi connectivity index (χ1n) is 7.69. The zero-order chi connectivity index (χ0) is 18.2. The molecular formula is C18H19ClN2O4. The van der Waals surface area contributed by atoms with Crippen LogP contribution in [0.5, 0.6) is 11.5 Å². The fraction of sp³-hybridized carbons (Fsp3) is 0.222. The summed E-state index contributed by atoms with van der Waals surface area (Å²) in [5.41, 5.74) is 4.99. The molecule has 132 valence electrons. The lowest BCUT2D eigenvalue weighted by Crippen LogP contribution is -2.43. The van der Waals surface area contributed by atoms with E-state index in [4.69, 9.17) is 21.1 Å². The first-order valence-corrected chi connectivity index (χ1v) is 8.06. The molecule has 0 aliphatic heterocycles. The molecule has 2 aromatic carbocycles. The van der Waals surface area contributed by atoms with Crippen LogP contribution in [0, 0.1) is 0 Å². The maximum Gasteiger partial charge on any atom is 0.276 e. The van der Waals surface area contributed by atoms with Gasteiger partial charge in [0.2, 0.25) is 0 Å². The van der Waals surface area contributed by atoms with Gasteiger partial charge in [-0.15, -0.1) is 0 Å². The van der Waals surface area contributed by atoms with Crippen molar-refractivity contribution in [1.82, 2.24) is 10.9 Å². The van der Waals surface area contributed by atoms with Gasteiger partial charge in [-0.3, -0.25) is 20.4 Å². The number of rotatable bonds is 6. The number of carbonyl (C=O) groups excluding carboxylic acids is 2.